The molecule has 1 N–H and O–H groups in total. The van der Waals surface area contributed by atoms with E-state index in [2.05, 4.69) is 19.2 Å². The van der Waals surface area contributed by atoms with Gasteiger partial charge in [-0.1, -0.05) is 13.8 Å². The van der Waals surface area contributed by atoms with E-state index in [0.29, 0.717) is 6.04 Å². The lowest BCUT2D eigenvalue weighted by Gasteiger charge is -2.40. The first-order valence-corrected chi connectivity index (χ1v) is 6.56. The van der Waals surface area contributed by atoms with Crippen LogP contribution in [-0.2, 0) is 0 Å². The average molecular weight is 213 g/mol. The van der Waals surface area contributed by atoms with Crippen molar-refractivity contribution < 1.29 is 4.39 Å². The van der Waals surface area contributed by atoms with Crippen molar-refractivity contribution in [3.63, 3.8) is 0 Å². The summed E-state index contributed by atoms with van der Waals surface area (Å²) in [5.74, 6) is 1.79. The van der Waals surface area contributed by atoms with Crippen LogP contribution in [0.4, 0.5) is 4.39 Å². The van der Waals surface area contributed by atoms with Gasteiger partial charge in [-0.05, 0) is 56.4 Å². The monoisotopic (exact) mass is 213 g/mol. The first-order valence-electron chi connectivity index (χ1n) is 6.56. The summed E-state index contributed by atoms with van der Waals surface area (Å²) in [6.07, 6.45) is 5.08. The van der Waals surface area contributed by atoms with Crippen LogP contribution in [0.3, 0.4) is 0 Å². The highest BCUT2D eigenvalue weighted by atomic mass is 19.1. The van der Waals surface area contributed by atoms with E-state index in [1.165, 1.54) is 19.4 Å². The quantitative estimate of drug-likeness (QED) is 0.705. The summed E-state index contributed by atoms with van der Waals surface area (Å²) in [7, 11) is 0. The zero-order valence-electron chi connectivity index (χ0n) is 10.0. The van der Waals surface area contributed by atoms with Crippen molar-refractivity contribution in [2.24, 2.45) is 17.8 Å². The fraction of sp³-hybridized carbons (Fsp3) is 1.00. The lowest BCUT2D eigenvalue weighted by molar-refractivity contribution is 0.0958. The molecule has 2 aliphatic rings. The number of halogens is 1. The Morgan fingerprint density at radius 2 is 1.87 bits per heavy atom. The second-order valence-electron chi connectivity index (χ2n) is 5.67. The Hall–Kier alpha value is -0.110. The molecule has 2 heteroatoms. The number of nitrogens with one attached hydrogen (secondary N) is 1. The lowest BCUT2D eigenvalue weighted by Crippen LogP contribution is -2.47. The molecular formula is C13H24FN. The van der Waals surface area contributed by atoms with E-state index in [9.17, 15) is 4.39 Å². The fourth-order valence-corrected chi connectivity index (χ4v) is 3.43. The fourth-order valence-electron chi connectivity index (χ4n) is 3.43. The van der Waals surface area contributed by atoms with Crippen LogP contribution in [0.2, 0.25) is 0 Å². The van der Waals surface area contributed by atoms with Crippen LogP contribution in [0, 0.1) is 17.8 Å². The van der Waals surface area contributed by atoms with Crippen LogP contribution in [0.1, 0.15) is 46.0 Å². The van der Waals surface area contributed by atoms with Gasteiger partial charge in [0.2, 0.25) is 0 Å². The molecule has 0 amide bonds. The Balaban J connectivity index is 1.92. The van der Waals surface area contributed by atoms with E-state index in [4.69, 9.17) is 0 Å². The van der Waals surface area contributed by atoms with Crippen LogP contribution < -0.4 is 5.32 Å². The molecule has 1 saturated heterocycles. The van der Waals surface area contributed by atoms with Crippen molar-refractivity contribution in [1.82, 2.24) is 5.32 Å². The smallest absolute Gasteiger partial charge is 0.103 e. The summed E-state index contributed by atoms with van der Waals surface area (Å²) in [4.78, 5) is 0. The normalized spacial score (nSPS) is 47.8. The number of hydrogen-bond donors (Lipinski definition) is 1. The molecule has 2 fully saturated rings. The van der Waals surface area contributed by atoms with Crippen molar-refractivity contribution >= 4 is 0 Å². The summed E-state index contributed by atoms with van der Waals surface area (Å²) in [6, 6.07) is 0.661. The Bertz CT molecular complexity index is 207. The third-order valence-corrected chi connectivity index (χ3v) is 4.44. The van der Waals surface area contributed by atoms with Crippen molar-refractivity contribution in [2.45, 2.75) is 58.2 Å². The van der Waals surface area contributed by atoms with Crippen LogP contribution in [-0.4, -0.2) is 18.8 Å². The van der Waals surface area contributed by atoms with Crippen LogP contribution >= 0.6 is 0 Å². The minimum Gasteiger partial charge on any atom is -0.313 e. The van der Waals surface area contributed by atoms with Gasteiger partial charge in [0.05, 0.1) is 0 Å². The third kappa shape index (κ3) is 2.52. The van der Waals surface area contributed by atoms with Gasteiger partial charge >= 0.3 is 0 Å². The Morgan fingerprint density at radius 1 is 1.07 bits per heavy atom. The predicted molar refractivity (Wildman–Crippen MR) is 61.6 cm³/mol. The van der Waals surface area contributed by atoms with Gasteiger partial charge in [0.15, 0.2) is 0 Å². The van der Waals surface area contributed by atoms with E-state index in [-0.39, 0.29) is 5.92 Å². The van der Waals surface area contributed by atoms with Crippen LogP contribution in [0.15, 0.2) is 0 Å². The first-order chi connectivity index (χ1) is 7.18. The maximum atomic E-state index is 13.4. The number of piperidine rings is 1. The van der Waals surface area contributed by atoms with E-state index in [1.54, 1.807) is 0 Å². The van der Waals surface area contributed by atoms with Gasteiger partial charge in [0.25, 0.3) is 0 Å². The van der Waals surface area contributed by atoms with Crippen molar-refractivity contribution in [3.8, 4) is 0 Å². The number of rotatable bonds is 1. The van der Waals surface area contributed by atoms with E-state index in [1.807, 2.05) is 0 Å². The third-order valence-electron chi connectivity index (χ3n) is 4.44. The molecule has 0 radical (unpaired) electrons. The van der Waals surface area contributed by atoms with Gasteiger partial charge in [-0.3, -0.25) is 0 Å². The highest BCUT2D eigenvalue weighted by molar-refractivity contribution is 4.89. The van der Waals surface area contributed by atoms with Gasteiger partial charge in [-0.2, -0.15) is 0 Å². The molecule has 5 atom stereocenters. The van der Waals surface area contributed by atoms with Crippen molar-refractivity contribution in [1.29, 1.82) is 0 Å². The molecule has 0 aromatic heterocycles. The van der Waals surface area contributed by atoms with Gasteiger partial charge in [-0.25, -0.2) is 4.39 Å². The van der Waals surface area contributed by atoms with Crippen molar-refractivity contribution in [2.75, 3.05) is 6.54 Å². The second kappa shape index (κ2) is 4.82. The molecule has 1 nitrogen and oxygen atoms in total. The summed E-state index contributed by atoms with van der Waals surface area (Å²) in [6.45, 7) is 5.59. The standard InChI is InChI=1S/C13H24FN/c1-9-4-3-7-15-13(9)11-5-6-12(14)10(2)8-11/h9-13,15H,3-8H2,1-2H3. The van der Waals surface area contributed by atoms with E-state index >= 15 is 0 Å². The minimum absolute atomic E-state index is 0.277. The first kappa shape index (κ1) is 11.4. The highest BCUT2D eigenvalue weighted by Crippen LogP contribution is 2.36. The van der Waals surface area contributed by atoms with E-state index in [0.717, 1.165) is 31.1 Å². The molecule has 15 heavy (non-hydrogen) atoms. The summed E-state index contributed by atoms with van der Waals surface area (Å²) in [5, 5.41) is 3.65. The SMILES string of the molecule is CC1CC(C2NCCCC2C)CCC1F. The maximum absolute atomic E-state index is 13.4. The molecule has 0 bridgehead atoms. The Labute approximate surface area is 92.8 Å². The molecule has 1 aliphatic carbocycles. The summed E-state index contributed by atoms with van der Waals surface area (Å²) >= 11 is 0. The molecular weight excluding hydrogens is 189 g/mol. The zero-order valence-corrected chi connectivity index (χ0v) is 10.0. The molecule has 88 valence electrons. The van der Waals surface area contributed by atoms with Gasteiger partial charge in [0, 0.05) is 6.04 Å². The average Bonchev–Trinajstić information content (AvgIpc) is 2.23. The molecule has 1 heterocycles. The molecule has 0 aromatic rings. The minimum atomic E-state index is -0.542. The molecule has 0 spiro atoms. The molecule has 2 rings (SSSR count). The summed E-state index contributed by atoms with van der Waals surface area (Å²) in [5.41, 5.74) is 0. The van der Waals surface area contributed by atoms with E-state index < -0.39 is 6.17 Å². The second-order valence-corrected chi connectivity index (χ2v) is 5.67. The largest absolute Gasteiger partial charge is 0.313 e. The molecule has 5 unspecified atom stereocenters. The number of alkyl halides is 1. The lowest BCUT2D eigenvalue weighted by atomic mass is 9.73. The highest BCUT2D eigenvalue weighted by Gasteiger charge is 2.35. The van der Waals surface area contributed by atoms with Crippen LogP contribution in [0.25, 0.3) is 0 Å². The molecule has 0 aromatic carbocycles. The Kier molecular flexibility index (Phi) is 3.65. The van der Waals surface area contributed by atoms with Gasteiger partial charge in [-0.15, -0.1) is 0 Å². The van der Waals surface area contributed by atoms with Crippen LogP contribution in [0.5, 0.6) is 0 Å². The molecule has 1 saturated carbocycles. The summed E-state index contributed by atoms with van der Waals surface area (Å²) < 4.78 is 13.4. The number of hydrogen-bond acceptors (Lipinski definition) is 1. The topological polar surface area (TPSA) is 12.0 Å². The molecule has 1 aliphatic heterocycles. The van der Waals surface area contributed by atoms with Crippen molar-refractivity contribution in [3.05, 3.63) is 0 Å². The predicted octanol–water partition coefficient (Wildman–Crippen LogP) is 3.15. The zero-order chi connectivity index (χ0) is 10.8. The van der Waals surface area contributed by atoms with Gasteiger partial charge in [0.1, 0.15) is 6.17 Å². The van der Waals surface area contributed by atoms with Gasteiger partial charge < -0.3 is 5.32 Å². The Morgan fingerprint density at radius 3 is 2.53 bits per heavy atom. The maximum Gasteiger partial charge on any atom is 0.103 e.